The normalized spacial score (nSPS) is 15.7. The molecule has 0 bridgehead atoms. The summed E-state index contributed by atoms with van der Waals surface area (Å²) in [6.45, 7) is 3.69. The van der Waals surface area contributed by atoms with Crippen molar-refractivity contribution in [1.82, 2.24) is 15.0 Å². The minimum absolute atomic E-state index is 0.0235. The predicted octanol–water partition coefficient (Wildman–Crippen LogP) is 1.77. The van der Waals surface area contributed by atoms with Gasteiger partial charge in [0, 0.05) is 44.9 Å². The Morgan fingerprint density at radius 1 is 1.25 bits per heavy atom. The van der Waals surface area contributed by atoms with Crippen molar-refractivity contribution < 1.29 is 18.4 Å². The van der Waals surface area contributed by atoms with E-state index < -0.39 is 0 Å². The van der Waals surface area contributed by atoms with Gasteiger partial charge in [0.05, 0.1) is 6.54 Å². The second kappa shape index (κ2) is 7.55. The quantitative estimate of drug-likeness (QED) is 0.835. The lowest BCUT2D eigenvalue weighted by molar-refractivity contribution is -0.137. The summed E-state index contributed by atoms with van der Waals surface area (Å²) in [5.41, 5.74) is 1.51. The van der Waals surface area contributed by atoms with Crippen molar-refractivity contribution in [3.63, 3.8) is 0 Å². The Labute approximate surface area is 139 Å². The van der Waals surface area contributed by atoms with Gasteiger partial charge >= 0.3 is 0 Å². The fourth-order valence-electron chi connectivity index (χ4n) is 2.73. The summed E-state index contributed by atoms with van der Waals surface area (Å²) >= 11 is 0. The zero-order chi connectivity index (χ0) is 16.9. The highest BCUT2D eigenvalue weighted by molar-refractivity contribution is 5.77. The highest BCUT2D eigenvalue weighted by Gasteiger charge is 2.21. The minimum atomic E-state index is -0.275. The van der Waals surface area contributed by atoms with E-state index in [0.717, 1.165) is 24.4 Å². The third-order valence-electron chi connectivity index (χ3n) is 4.07. The molecule has 0 unspecified atom stereocenters. The van der Waals surface area contributed by atoms with E-state index in [1.54, 1.807) is 12.1 Å². The molecular weight excluding hydrogens is 313 g/mol. The van der Waals surface area contributed by atoms with Crippen LogP contribution < -0.4 is 0 Å². The number of aromatic nitrogens is 1. The van der Waals surface area contributed by atoms with Crippen LogP contribution in [0, 0.1) is 5.82 Å². The Balaban J connectivity index is 1.54. The van der Waals surface area contributed by atoms with Crippen molar-refractivity contribution in [3.05, 3.63) is 41.9 Å². The summed E-state index contributed by atoms with van der Waals surface area (Å²) in [5, 5.41) is 4.04. The highest BCUT2D eigenvalue weighted by Crippen LogP contribution is 2.20. The minimum Gasteiger partial charge on any atom is -0.375 e. The van der Waals surface area contributed by atoms with Crippen LogP contribution in [0.2, 0.25) is 0 Å². The number of carbonyl (C=O) groups excluding carboxylic acids is 1. The van der Waals surface area contributed by atoms with Crippen molar-refractivity contribution in [3.8, 4) is 11.3 Å². The molecule has 1 aromatic carbocycles. The van der Waals surface area contributed by atoms with E-state index >= 15 is 0 Å². The van der Waals surface area contributed by atoms with Gasteiger partial charge in [-0.3, -0.25) is 9.69 Å². The van der Waals surface area contributed by atoms with E-state index in [2.05, 4.69) is 10.1 Å². The van der Waals surface area contributed by atoms with E-state index in [1.165, 1.54) is 19.2 Å². The van der Waals surface area contributed by atoms with Crippen LogP contribution >= 0.6 is 0 Å². The van der Waals surface area contributed by atoms with Crippen LogP contribution in [0.1, 0.15) is 5.76 Å². The van der Waals surface area contributed by atoms with Gasteiger partial charge in [-0.05, 0) is 24.3 Å². The second-order valence-corrected chi connectivity index (χ2v) is 5.78. The molecule has 2 aromatic rings. The van der Waals surface area contributed by atoms with Crippen molar-refractivity contribution in [2.24, 2.45) is 0 Å². The highest BCUT2D eigenvalue weighted by atomic mass is 19.1. The molecule has 128 valence electrons. The van der Waals surface area contributed by atoms with Gasteiger partial charge in [0.1, 0.15) is 18.1 Å². The van der Waals surface area contributed by atoms with Gasteiger partial charge in [0.25, 0.3) is 0 Å². The van der Waals surface area contributed by atoms with Gasteiger partial charge in [-0.15, -0.1) is 0 Å². The lowest BCUT2D eigenvalue weighted by Gasteiger charge is -2.34. The van der Waals surface area contributed by atoms with Crippen LogP contribution in [0.3, 0.4) is 0 Å². The fourth-order valence-corrected chi connectivity index (χ4v) is 2.73. The lowest BCUT2D eigenvalue weighted by atomic mass is 10.1. The molecule has 1 amide bonds. The molecule has 1 aromatic heterocycles. The lowest BCUT2D eigenvalue weighted by Crippen LogP contribution is -2.49. The number of hydrogen-bond acceptors (Lipinski definition) is 5. The first-order chi connectivity index (χ1) is 11.7. The zero-order valence-corrected chi connectivity index (χ0v) is 13.6. The van der Waals surface area contributed by atoms with Crippen molar-refractivity contribution in [1.29, 1.82) is 0 Å². The molecule has 0 aliphatic carbocycles. The summed E-state index contributed by atoms with van der Waals surface area (Å²) in [6, 6.07) is 8.03. The Hall–Kier alpha value is -2.25. The number of rotatable bonds is 5. The molecule has 1 fully saturated rings. The SMILES string of the molecule is COCC(=O)N1CCN(Cc2cc(-c3ccc(F)cc3)no2)CC1. The van der Waals surface area contributed by atoms with Crippen LogP contribution in [-0.4, -0.2) is 60.8 Å². The maximum atomic E-state index is 13.0. The summed E-state index contributed by atoms with van der Waals surface area (Å²) in [7, 11) is 1.52. The molecule has 1 aliphatic heterocycles. The van der Waals surface area contributed by atoms with Crippen LogP contribution in [0.4, 0.5) is 4.39 Å². The molecule has 6 nitrogen and oxygen atoms in total. The van der Waals surface area contributed by atoms with Crippen molar-refractivity contribution in [2.45, 2.75) is 6.54 Å². The molecule has 1 aliphatic rings. The van der Waals surface area contributed by atoms with Crippen LogP contribution in [0.25, 0.3) is 11.3 Å². The largest absolute Gasteiger partial charge is 0.375 e. The molecule has 0 radical (unpaired) electrons. The van der Waals surface area contributed by atoms with E-state index in [0.29, 0.717) is 25.3 Å². The number of amides is 1. The van der Waals surface area contributed by atoms with E-state index in [9.17, 15) is 9.18 Å². The van der Waals surface area contributed by atoms with Gasteiger partial charge in [-0.1, -0.05) is 5.16 Å². The maximum absolute atomic E-state index is 13.0. The van der Waals surface area contributed by atoms with E-state index in [4.69, 9.17) is 9.26 Å². The average Bonchev–Trinajstić information content (AvgIpc) is 3.05. The number of carbonyl (C=O) groups is 1. The third-order valence-corrected chi connectivity index (χ3v) is 4.07. The van der Waals surface area contributed by atoms with Gasteiger partial charge in [-0.25, -0.2) is 4.39 Å². The summed E-state index contributed by atoms with van der Waals surface area (Å²) in [5.74, 6) is 0.504. The molecular formula is C17H20FN3O3. The number of methoxy groups -OCH3 is 1. The Morgan fingerprint density at radius 2 is 1.96 bits per heavy atom. The fraction of sp³-hybridized carbons (Fsp3) is 0.412. The van der Waals surface area contributed by atoms with Crippen molar-refractivity contribution >= 4 is 5.91 Å². The number of nitrogens with zero attached hydrogens (tertiary/aromatic N) is 3. The maximum Gasteiger partial charge on any atom is 0.248 e. The Morgan fingerprint density at radius 3 is 2.62 bits per heavy atom. The number of benzene rings is 1. The summed E-state index contributed by atoms with van der Waals surface area (Å²) < 4.78 is 23.2. The number of halogens is 1. The van der Waals surface area contributed by atoms with Gasteiger partial charge < -0.3 is 14.2 Å². The first kappa shape index (κ1) is 16.6. The molecule has 0 spiro atoms. The van der Waals surface area contributed by atoms with Gasteiger partial charge in [0.2, 0.25) is 5.91 Å². The summed E-state index contributed by atoms with van der Waals surface area (Å²) in [4.78, 5) is 15.8. The molecule has 7 heteroatoms. The molecule has 3 rings (SSSR count). The van der Waals surface area contributed by atoms with E-state index in [1.807, 2.05) is 11.0 Å². The first-order valence-electron chi connectivity index (χ1n) is 7.86. The second-order valence-electron chi connectivity index (χ2n) is 5.78. The molecule has 2 heterocycles. The van der Waals surface area contributed by atoms with Gasteiger partial charge in [-0.2, -0.15) is 0 Å². The van der Waals surface area contributed by atoms with Crippen LogP contribution in [0.5, 0.6) is 0 Å². The summed E-state index contributed by atoms with van der Waals surface area (Å²) in [6.07, 6.45) is 0. The first-order valence-corrected chi connectivity index (χ1v) is 7.86. The molecule has 0 atom stereocenters. The van der Waals surface area contributed by atoms with E-state index in [-0.39, 0.29) is 18.3 Å². The molecule has 0 saturated carbocycles. The molecule has 0 N–H and O–H groups in total. The van der Waals surface area contributed by atoms with Crippen LogP contribution in [0.15, 0.2) is 34.9 Å². The van der Waals surface area contributed by atoms with Crippen molar-refractivity contribution in [2.75, 3.05) is 39.9 Å². The monoisotopic (exact) mass is 333 g/mol. The molecule has 24 heavy (non-hydrogen) atoms. The number of ether oxygens (including phenoxy) is 1. The van der Waals surface area contributed by atoms with Crippen LogP contribution in [-0.2, 0) is 16.1 Å². The third kappa shape index (κ3) is 3.98. The molecule has 1 saturated heterocycles. The smallest absolute Gasteiger partial charge is 0.248 e. The van der Waals surface area contributed by atoms with Gasteiger partial charge in [0.15, 0.2) is 5.76 Å². The number of hydrogen-bond donors (Lipinski definition) is 0. The zero-order valence-electron chi connectivity index (χ0n) is 13.6. The number of piperazine rings is 1. The Bertz CT molecular complexity index is 679. The standard InChI is InChI=1S/C17H20FN3O3/c1-23-12-17(22)21-8-6-20(7-9-21)11-15-10-16(19-24-15)13-2-4-14(18)5-3-13/h2-5,10H,6-9,11-12H2,1H3. The topological polar surface area (TPSA) is 58.8 Å². The average molecular weight is 333 g/mol. The predicted molar refractivity (Wildman–Crippen MR) is 85.6 cm³/mol. The Kier molecular flexibility index (Phi) is 5.22.